The molecule has 5 heteroatoms. The Morgan fingerprint density at radius 3 is 2.75 bits per heavy atom. The minimum absolute atomic E-state index is 0.0495. The molecule has 1 saturated carbocycles. The van der Waals surface area contributed by atoms with E-state index in [4.69, 9.17) is 4.74 Å². The number of fused-ring (bicyclic) bond motifs is 1. The molecule has 2 aliphatic rings. The number of hydrogen-bond acceptors (Lipinski definition) is 3. The number of methoxy groups -OCH3 is 1. The lowest BCUT2D eigenvalue weighted by Crippen LogP contribution is -2.58. The second-order valence-electron chi connectivity index (χ2n) is 9.09. The second-order valence-corrected chi connectivity index (χ2v) is 9.09. The van der Waals surface area contributed by atoms with Crippen LogP contribution < -0.4 is 10.1 Å². The summed E-state index contributed by atoms with van der Waals surface area (Å²) in [6.07, 6.45) is 8.65. The summed E-state index contributed by atoms with van der Waals surface area (Å²) in [4.78, 5) is 15.4. The summed E-state index contributed by atoms with van der Waals surface area (Å²) >= 11 is 0. The average Bonchev–Trinajstić information content (AvgIpc) is 3.06. The van der Waals surface area contributed by atoms with Gasteiger partial charge in [-0.2, -0.15) is 0 Å². The number of amides is 1. The zero-order valence-electron chi connectivity index (χ0n) is 17.5. The first-order valence-corrected chi connectivity index (χ1v) is 10.7. The molecule has 4 rings (SSSR count). The molecular weight excluding hydrogens is 350 g/mol. The van der Waals surface area contributed by atoms with E-state index in [0.717, 1.165) is 48.4 Å². The predicted octanol–water partition coefficient (Wildman–Crippen LogP) is 4.05. The third-order valence-corrected chi connectivity index (χ3v) is 6.35. The van der Waals surface area contributed by atoms with Gasteiger partial charge in [0.2, 0.25) is 0 Å². The highest BCUT2D eigenvalue weighted by Gasteiger charge is 2.31. The van der Waals surface area contributed by atoms with Crippen LogP contribution in [0.15, 0.2) is 24.4 Å². The number of benzene rings is 1. The van der Waals surface area contributed by atoms with Gasteiger partial charge in [0.1, 0.15) is 5.75 Å². The molecule has 152 valence electrons. The van der Waals surface area contributed by atoms with Gasteiger partial charge in [0.25, 0.3) is 5.91 Å². The van der Waals surface area contributed by atoms with Crippen molar-refractivity contribution in [2.45, 2.75) is 58.0 Å². The molecule has 1 aliphatic carbocycles. The van der Waals surface area contributed by atoms with Gasteiger partial charge in [0.05, 0.1) is 18.2 Å². The molecule has 0 atom stereocenters. The van der Waals surface area contributed by atoms with Crippen molar-refractivity contribution in [3.8, 4) is 5.75 Å². The number of aromatic nitrogens is 1. The Hall–Kier alpha value is -2.01. The summed E-state index contributed by atoms with van der Waals surface area (Å²) in [6, 6.07) is 6.06. The summed E-state index contributed by atoms with van der Waals surface area (Å²) in [5, 5.41) is 4.50. The molecule has 0 radical (unpaired) electrons. The molecule has 28 heavy (non-hydrogen) atoms. The third-order valence-electron chi connectivity index (χ3n) is 6.35. The number of nitrogens with one attached hydrogen (secondary N) is 1. The lowest BCUT2D eigenvalue weighted by molar-refractivity contribution is 0.0654. The van der Waals surface area contributed by atoms with Gasteiger partial charge in [-0.15, -0.1) is 0 Å². The van der Waals surface area contributed by atoms with Gasteiger partial charge >= 0.3 is 0 Å². The zero-order valence-corrected chi connectivity index (χ0v) is 17.5. The summed E-state index contributed by atoms with van der Waals surface area (Å²) in [5.41, 5.74) is 1.82. The summed E-state index contributed by atoms with van der Waals surface area (Å²) in [6.45, 7) is 7.59. The fourth-order valence-corrected chi connectivity index (χ4v) is 4.94. The van der Waals surface area contributed by atoms with Gasteiger partial charge in [-0.1, -0.05) is 31.4 Å². The maximum atomic E-state index is 13.5. The van der Waals surface area contributed by atoms with E-state index in [1.54, 1.807) is 7.11 Å². The number of nitrogens with zero attached hydrogens (tertiary/aromatic N) is 2. The van der Waals surface area contributed by atoms with Crippen LogP contribution >= 0.6 is 0 Å². The third kappa shape index (κ3) is 3.77. The van der Waals surface area contributed by atoms with Crippen molar-refractivity contribution in [1.29, 1.82) is 0 Å². The number of carbonyl (C=O) groups is 1. The molecule has 5 nitrogen and oxygen atoms in total. The second kappa shape index (κ2) is 7.78. The Morgan fingerprint density at radius 1 is 1.25 bits per heavy atom. The normalized spacial score (nSPS) is 20.5. The Bertz CT molecular complexity index is 849. The molecule has 2 heterocycles. The molecule has 1 N–H and O–H groups in total. The first-order valence-electron chi connectivity index (χ1n) is 10.7. The van der Waals surface area contributed by atoms with E-state index in [0.29, 0.717) is 5.92 Å². The number of ether oxygens (including phenoxy) is 1. The SMILES string of the molecule is COc1cccc2c(C(=O)N3CCNC(C)(C)C3)cn(CC3CCCCC3)c12. The monoisotopic (exact) mass is 383 g/mol. The van der Waals surface area contributed by atoms with Gasteiger partial charge in [0, 0.05) is 43.3 Å². The van der Waals surface area contributed by atoms with Crippen LogP contribution in [0.1, 0.15) is 56.3 Å². The van der Waals surface area contributed by atoms with Gasteiger partial charge < -0.3 is 19.5 Å². The van der Waals surface area contributed by atoms with Crippen molar-refractivity contribution in [2.75, 3.05) is 26.7 Å². The van der Waals surface area contributed by atoms with E-state index < -0.39 is 0 Å². The maximum Gasteiger partial charge on any atom is 0.256 e. The number of hydrogen-bond donors (Lipinski definition) is 1. The molecule has 1 aliphatic heterocycles. The fourth-order valence-electron chi connectivity index (χ4n) is 4.94. The molecule has 1 aromatic carbocycles. The van der Waals surface area contributed by atoms with E-state index in [2.05, 4.69) is 36.0 Å². The molecule has 2 aromatic rings. The van der Waals surface area contributed by atoms with Crippen LogP contribution in [0.3, 0.4) is 0 Å². The first kappa shape index (κ1) is 19.3. The van der Waals surface area contributed by atoms with E-state index >= 15 is 0 Å². The Balaban J connectivity index is 1.71. The smallest absolute Gasteiger partial charge is 0.256 e. The van der Waals surface area contributed by atoms with Crippen LogP contribution in [-0.2, 0) is 6.54 Å². The van der Waals surface area contributed by atoms with Crippen molar-refractivity contribution >= 4 is 16.8 Å². The van der Waals surface area contributed by atoms with E-state index in [1.807, 2.05) is 17.0 Å². The first-order chi connectivity index (χ1) is 13.5. The summed E-state index contributed by atoms with van der Waals surface area (Å²) in [7, 11) is 1.72. The summed E-state index contributed by atoms with van der Waals surface area (Å²) < 4.78 is 7.96. The van der Waals surface area contributed by atoms with Crippen LogP contribution in [-0.4, -0.2) is 47.7 Å². The van der Waals surface area contributed by atoms with Crippen molar-refractivity contribution in [3.05, 3.63) is 30.0 Å². The number of carbonyl (C=O) groups excluding carboxylic acids is 1. The predicted molar refractivity (Wildman–Crippen MR) is 113 cm³/mol. The molecule has 2 fully saturated rings. The van der Waals surface area contributed by atoms with E-state index in [-0.39, 0.29) is 11.4 Å². The molecule has 1 amide bonds. The van der Waals surface area contributed by atoms with Gasteiger partial charge in [0.15, 0.2) is 0 Å². The quantitative estimate of drug-likeness (QED) is 0.866. The van der Waals surface area contributed by atoms with Crippen LogP contribution in [0.2, 0.25) is 0 Å². The van der Waals surface area contributed by atoms with Gasteiger partial charge in [-0.25, -0.2) is 0 Å². The zero-order chi connectivity index (χ0) is 19.7. The number of para-hydroxylation sites is 1. The Morgan fingerprint density at radius 2 is 2.04 bits per heavy atom. The lowest BCUT2D eigenvalue weighted by Gasteiger charge is -2.39. The van der Waals surface area contributed by atoms with Crippen LogP contribution in [0.4, 0.5) is 0 Å². The molecule has 1 saturated heterocycles. The van der Waals surface area contributed by atoms with Crippen molar-refractivity contribution in [3.63, 3.8) is 0 Å². The molecular formula is C23H33N3O2. The summed E-state index contributed by atoms with van der Waals surface area (Å²) in [5.74, 6) is 1.68. The van der Waals surface area contributed by atoms with Crippen LogP contribution in [0, 0.1) is 5.92 Å². The van der Waals surface area contributed by atoms with Gasteiger partial charge in [-0.3, -0.25) is 4.79 Å². The minimum atomic E-state index is -0.0495. The van der Waals surface area contributed by atoms with Crippen LogP contribution in [0.5, 0.6) is 5.75 Å². The molecule has 0 unspecified atom stereocenters. The molecule has 0 bridgehead atoms. The topological polar surface area (TPSA) is 46.5 Å². The lowest BCUT2D eigenvalue weighted by atomic mass is 9.89. The minimum Gasteiger partial charge on any atom is -0.495 e. The van der Waals surface area contributed by atoms with Crippen LogP contribution in [0.25, 0.3) is 10.9 Å². The van der Waals surface area contributed by atoms with Gasteiger partial charge in [-0.05, 0) is 38.7 Å². The fraction of sp³-hybridized carbons (Fsp3) is 0.609. The Labute approximate surface area is 168 Å². The van der Waals surface area contributed by atoms with Crippen molar-refractivity contribution in [2.24, 2.45) is 5.92 Å². The molecule has 0 spiro atoms. The maximum absolute atomic E-state index is 13.5. The number of piperazine rings is 1. The highest BCUT2D eigenvalue weighted by molar-refractivity contribution is 6.08. The largest absolute Gasteiger partial charge is 0.495 e. The Kier molecular flexibility index (Phi) is 5.37. The van der Waals surface area contributed by atoms with E-state index in [1.165, 1.54) is 32.1 Å². The molecule has 1 aromatic heterocycles. The standard InChI is InChI=1S/C23H33N3O2/c1-23(2)16-25(13-12-24-23)22(27)19-15-26(14-17-8-5-4-6-9-17)21-18(19)10-7-11-20(21)28-3/h7,10-11,15,17,24H,4-6,8-9,12-14,16H2,1-3H3. The van der Waals surface area contributed by atoms with E-state index in [9.17, 15) is 4.79 Å². The number of rotatable bonds is 4. The van der Waals surface area contributed by atoms with Crippen molar-refractivity contribution < 1.29 is 9.53 Å². The van der Waals surface area contributed by atoms with Crippen molar-refractivity contribution in [1.82, 2.24) is 14.8 Å². The highest BCUT2D eigenvalue weighted by atomic mass is 16.5. The average molecular weight is 384 g/mol. The highest BCUT2D eigenvalue weighted by Crippen LogP contribution is 2.33.